The molecule has 2 aliphatic heterocycles. The first-order valence-corrected chi connectivity index (χ1v) is 7.72. The number of quaternary nitrogens is 2. The molecule has 2 amide bonds. The van der Waals surface area contributed by atoms with Gasteiger partial charge in [-0.2, -0.15) is 0 Å². The predicted octanol–water partition coefficient (Wildman–Crippen LogP) is -8.82. The highest BCUT2D eigenvalue weighted by molar-refractivity contribution is 5.80. The fraction of sp³-hybridized carbons (Fsp3) is 0.857. The van der Waals surface area contributed by atoms with Crippen LogP contribution in [0.1, 0.15) is 38.5 Å². The fourth-order valence-electron chi connectivity index (χ4n) is 3.91. The van der Waals surface area contributed by atoms with Gasteiger partial charge >= 0.3 is 0 Å². The Hall–Kier alpha value is -0.560. The van der Waals surface area contributed by atoms with Gasteiger partial charge in [0.1, 0.15) is 0 Å². The van der Waals surface area contributed by atoms with Crippen molar-refractivity contribution in [1.29, 1.82) is 0 Å². The molecule has 4 rings (SSSR count). The molecule has 2 atom stereocenters. The van der Waals surface area contributed by atoms with Crippen molar-refractivity contribution in [3.05, 3.63) is 0 Å². The number of nitrogens with two attached hydrogens (primary N) is 4. The number of rotatable bonds is 2. The van der Waals surface area contributed by atoms with Gasteiger partial charge in [-0.05, 0) is 25.7 Å². The van der Waals surface area contributed by atoms with Gasteiger partial charge in [0.05, 0.1) is 13.1 Å². The largest absolute Gasteiger partial charge is 1.00 e. The molecule has 0 bridgehead atoms. The summed E-state index contributed by atoms with van der Waals surface area (Å²) in [7, 11) is 0. The van der Waals surface area contributed by atoms with Crippen LogP contribution in [0.4, 0.5) is 0 Å². The first-order chi connectivity index (χ1) is 9.46. The lowest BCUT2D eigenvalue weighted by atomic mass is 9.97. The molecule has 2 unspecified atom stereocenters. The number of hydrogen-bond acceptors (Lipinski definition) is 2. The van der Waals surface area contributed by atoms with Crippen molar-refractivity contribution < 1.29 is 45.0 Å². The zero-order valence-corrected chi connectivity index (χ0v) is 14.2. The second-order valence-electron chi connectivity index (χ2n) is 7.17. The van der Waals surface area contributed by atoms with Crippen molar-refractivity contribution in [2.75, 3.05) is 13.1 Å². The summed E-state index contributed by atoms with van der Waals surface area (Å²) in [4.78, 5) is 21.6. The first-order valence-electron chi connectivity index (χ1n) is 7.72. The highest BCUT2D eigenvalue weighted by Gasteiger charge is 2.58. The quantitative estimate of drug-likeness (QED) is 0.394. The highest BCUT2D eigenvalue weighted by atomic mass is 35.5. The van der Waals surface area contributed by atoms with Gasteiger partial charge in [0.25, 0.3) is 11.8 Å². The summed E-state index contributed by atoms with van der Waals surface area (Å²) in [6.07, 6.45) is 7.29. The maximum atomic E-state index is 10.8. The molecule has 2 saturated carbocycles. The number of carbonyl (C=O) groups is 2. The molecule has 2 aliphatic carbocycles. The van der Waals surface area contributed by atoms with Gasteiger partial charge in [-0.1, -0.05) is 0 Å². The van der Waals surface area contributed by atoms with Crippen molar-refractivity contribution in [1.82, 2.24) is 0 Å². The summed E-state index contributed by atoms with van der Waals surface area (Å²) >= 11 is 0. The third-order valence-corrected chi connectivity index (χ3v) is 5.71. The minimum absolute atomic E-state index is 0. The minimum atomic E-state index is -0.135. The molecule has 2 heterocycles. The van der Waals surface area contributed by atoms with E-state index in [2.05, 4.69) is 10.6 Å². The van der Waals surface area contributed by atoms with E-state index in [0.717, 1.165) is 19.5 Å². The molecule has 2 spiro atoms. The van der Waals surface area contributed by atoms with E-state index in [1.807, 2.05) is 0 Å². The van der Waals surface area contributed by atoms with E-state index in [1.54, 1.807) is 0 Å². The van der Waals surface area contributed by atoms with Gasteiger partial charge < -0.3 is 46.9 Å². The van der Waals surface area contributed by atoms with E-state index < -0.39 is 0 Å². The van der Waals surface area contributed by atoms with Crippen LogP contribution >= 0.6 is 0 Å². The Balaban J connectivity index is 0.000000202. The van der Waals surface area contributed by atoms with Crippen LogP contribution in [0.3, 0.4) is 0 Å². The van der Waals surface area contributed by atoms with E-state index in [9.17, 15) is 9.59 Å². The van der Waals surface area contributed by atoms with E-state index in [4.69, 9.17) is 11.5 Å². The van der Waals surface area contributed by atoms with Crippen LogP contribution in [0, 0.1) is 10.8 Å². The molecule has 0 radical (unpaired) electrons. The monoisotopic (exact) mass is 352 g/mol. The smallest absolute Gasteiger partial charge is 0.276 e. The van der Waals surface area contributed by atoms with Crippen LogP contribution in [0.15, 0.2) is 0 Å². The van der Waals surface area contributed by atoms with Gasteiger partial charge in [-0.25, -0.2) is 0 Å². The standard InChI is InChI=1S/2C7H12N2O.2ClH/c8-6(10)5-3-7(1-2-7)4-9-5;8-6(10)5-7(1-2-7)3-4-9-5;;/h2*5,9H,1-4H2,(H2,8,10);2*1H. The number of carbonyl (C=O) groups excluding carboxylic acids is 2. The molecule has 8 N–H and O–H groups in total. The predicted molar refractivity (Wildman–Crippen MR) is 72.1 cm³/mol. The molecule has 0 aromatic heterocycles. The van der Waals surface area contributed by atoms with Gasteiger partial charge in [0.15, 0.2) is 12.1 Å². The Kier molecular flexibility index (Phi) is 6.12. The van der Waals surface area contributed by atoms with E-state index in [0.29, 0.717) is 10.8 Å². The lowest BCUT2D eigenvalue weighted by Crippen LogP contribution is -3.00. The fourth-order valence-corrected chi connectivity index (χ4v) is 3.91. The summed E-state index contributed by atoms with van der Waals surface area (Å²) in [6.45, 7) is 2.22. The van der Waals surface area contributed by atoms with E-state index in [-0.39, 0.29) is 48.7 Å². The molecular formula is C14H26Cl2N4O2. The topological polar surface area (TPSA) is 119 Å². The Morgan fingerprint density at radius 3 is 1.86 bits per heavy atom. The van der Waals surface area contributed by atoms with Crippen molar-refractivity contribution in [2.45, 2.75) is 50.6 Å². The average Bonchev–Trinajstić information content (AvgIpc) is 3.18. The molecule has 4 fully saturated rings. The molecule has 2 saturated heterocycles. The van der Waals surface area contributed by atoms with E-state index in [1.165, 1.54) is 32.1 Å². The Morgan fingerprint density at radius 1 is 0.909 bits per heavy atom. The summed E-state index contributed by atoms with van der Waals surface area (Å²) in [5, 5.41) is 4.19. The van der Waals surface area contributed by atoms with Crippen LogP contribution in [-0.2, 0) is 9.59 Å². The molecule has 8 heteroatoms. The highest BCUT2D eigenvalue weighted by Crippen LogP contribution is 2.52. The average molecular weight is 353 g/mol. The maximum Gasteiger partial charge on any atom is 0.276 e. The Morgan fingerprint density at radius 2 is 1.55 bits per heavy atom. The van der Waals surface area contributed by atoms with Crippen molar-refractivity contribution in [3.8, 4) is 0 Å². The lowest BCUT2D eigenvalue weighted by molar-refractivity contribution is -0.661. The summed E-state index contributed by atoms with van der Waals surface area (Å²) in [5.41, 5.74) is 11.3. The normalized spacial score (nSPS) is 31.5. The Labute approximate surface area is 143 Å². The SMILES string of the molecule is NC(=O)C1CC2(CC2)C[NH2+]1.NC(=O)C1[NH2+]CCC12CC2.[Cl-].[Cl-]. The van der Waals surface area contributed by atoms with E-state index >= 15 is 0 Å². The van der Waals surface area contributed by atoms with Crippen molar-refractivity contribution in [3.63, 3.8) is 0 Å². The second-order valence-corrected chi connectivity index (χ2v) is 7.17. The van der Waals surface area contributed by atoms with Gasteiger partial charge in [-0.3, -0.25) is 9.59 Å². The van der Waals surface area contributed by atoms with Crippen LogP contribution in [0.2, 0.25) is 0 Å². The number of hydrogen-bond donors (Lipinski definition) is 4. The molecule has 0 aromatic rings. The number of amides is 2. The zero-order chi connectivity index (χ0) is 14.4. The summed E-state index contributed by atoms with van der Waals surface area (Å²) < 4.78 is 0. The molecule has 0 aromatic carbocycles. The molecule has 128 valence electrons. The third-order valence-electron chi connectivity index (χ3n) is 5.71. The molecule has 4 aliphatic rings. The Bertz CT molecular complexity index is 439. The maximum absolute atomic E-state index is 10.8. The van der Waals surface area contributed by atoms with Crippen LogP contribution in [0.25, 0.3) is 0 Å². The van der Waals surface area contributed by atoms with Crippen LogP contribution < -0.4 is 46.9 Å². The lowest BCUT2D eigenvalue weighted by Gasteiger charge is -2.08. The van der Waals surface area contributed by atoms with Gasteiger partial charge in [0.2, 0.25) is 0 Å². The summed E-state index contributed by atoms with van der Waals surface area (Å²) in [5.74, 6) is -0.251. The van der Waals surface area contributed by atoms with Crippen LogP contribution in [0.5, 0.6) is 0 Å². The molecular weight excluding hydrogens is 327 g/mol. The molecule has 6 nitrogen and oxygen atoms in total. The van der Waals surface area contributed by atoms with Crippen LogP contribution in [-0.4, -0.2) is 37.0 Å². The zero-order valence-electron chi connectivity index (χ0n) is 12.7. The first kappa shape index (κ1) is 19.5. The minimum Gasteiger partial charge on any atom is -1.00 e. The second kappa shape index (κ2) is 6.91. The van der Waals surface area contributed by atoms with Gasteiger partial charge in [-0.15, -0.1) is 0 Å². The number of halogens is 2. The van der Waals surface area contributed by atoms with Crippen molar-refractivity contribution in [2.24, 2.45) is 22.3 Å². The number of primary amides is 2. The van der Waals surface area contributed by atoms with Gasteiger partial charge in [0, 0.05) is 23.7 Å². The van der Waals surface area contributed by atoms with Crippen molar-refractivity contribution >= 4 is 11.8 Å². The third kappa shape index (κ3) is 3.85. The molecule has 22 heavy (non-hydrogen) atoms. The summed E-state index contributed by atoms with van der Waals surface area (Å²) in [6, 6.07) is 0.190.